The molecule has 1 saturated heterocycles. The molecule has 2 N–H and O–H groups in total. The molecule has 0 aliphatic carbocycles. The maximum atomic E-state index is 13.0. The van der Waals surface area contributed by atoms with E-state index in [2.05, 4.69) is 32.7 Å². The predicted molar refractivity (Wildman–Crippen MR) is 114 cm³/mol. The Morgan fingerprint density at radius 1 is 0.862 bits per heavy atom. The molecular weight excluding hydrogens is 367 g/mol. The van der Waals surface area contributed by atoms with Crippen molar-refractivity contribution < 1.29 is 9.18 Å². The van der Waals surface area contributed by atoms with E-state index in [-0.39, 0.29) is 11.7 Å². The van der Waals surface area contributed by atoms with E-state index in [4.69, 9.17) is 0 Å². The van der Waals surface area contributed by atoms with E-state index in [1.165, 1.54) is 55.4 Å². The Morgan fingerprint density at radius 2 is 1.55 bits per heavy atom. The molecule has 0 saturated carbocycles. The van der Waals surface area contributed by atoms with Crippen molar-refractivity contribution in [3.63, 3.8) is 0 Å². The molecule has 148 valence electrons. The third-order valence-corrected chi connectivity index (χ3v) is 4.99. The summed E-state index contributed by atoms with van der Waals surface area (Å²) in [6, 6.07) is 17.4. The summed E-state index contributed by atoms with van der Waals surface area (Å²) in [7, 11) is 0. The Morgan fingerprint density at radius 3 is 2.21 bits per heavy atom. The van der Waals surface area contributed by atoms with E-state index in [0.717, 1.165) is 18.8 Å². The Balaban J connectivity index is 1.36. The van der Waals surface area contributed by atoms with Crippen LogP contribution in [0.25, 0.3) is 0 Å². The van der Waals surface area contributed by atoms with Crippen LogP contribution in [0.5, 0.6) is 0 Å². The highest BCUT2D eigenvalue weighted by Crippen LogP contribution is 2.23. The number of pyridine rings is 1. The van der Waals surface area contributed by atoms with Crippen LogP contribution in [0.1, 0.15) is 29.6 Å². The van der Waals surface area contributed by atoms with Crippen LogP contribution >= 0.6 is 0 Å². The summed E-state index contributed by atoms with van der Waals surface area (Å²) >= 11 is 0. The molecule has 0 unspecified atom stereocenters. The highest BCUT2D eigenvalue weighted by atomic mass is 19.1. The first kappa shape index (κ1) is 18.9. The average Bonchev–Trinajstić information content (AvgIpc) is 2.77. The van der Waals surface area contributed by atoms with Crippen molar-refractivity contribution in [3.05, 3.63) is 78.2 Å². The van der Waals surface area contributed by atoms with Gasteiger partial charge in [0.15, 0.2) is 0 Å². The topological polar surface area (TPSA) is 57.3 Å². The normalized spacial score (nSPS) is 13.8. The summed E-state index contributed by atoms with van der Waals surface area (Å²) < 4.78 is 13.0. The molecule has 29 heavy (non-hydrogen) atoms. The van der Waals surface area contributed by atoms with Crippen LogP contribution < -0.4 is 15.5 Å². The van der Waals surface area contributed by atoms with Gasteiger partial charge in [0.05, 0.1) is 5.56 Å². The standard InChI is InChI=1S/C23H23FN4O/c24-18-5-7-20(8-6-18)27-23(29)17-4-13-22(25-16-17)26-19-9-11-21(12-10-19)28-14-2-1-3-15-28/h4-13,16H,1-3,14-15H2,(H,25,26)(H,27,29). The van der Waals surface area contributed by atoms with Gasteiger partial charge in [0, 0.05) is 36.3 Å². The third-order valence-electron chi connectivity index (χ3n) is 4.99. The number of aromatic nitrogens is 1. The molecule has 1 fully saturated rings. The fourth-order valence-electron chi connectivity index (χ4n) is 3.39. The number of hydrogen-bond acceptors (Lipinski definition) is 4. The lowest BCUT2D eigenvalue weighted by molar-refractivity contribution is 0.102. The van der Waals surface area contributed by atoms with Crippen LogP contribution in [0.2, 0.25) is 0 Å². The van der Waals surface area contributed by atoms with Crippen LogP contribution in [0, 0.1) is 5.82 Å². The van der Waals surface area contributed by atoms with Gasteiger partial charge in [-0.05, 0) is 79.9 Å². The van der Waals surface area contributed by atoms with Crippen molar-refractivity contribution in [2.45, 2.75) is 19.3 Å². The van der Waals surface area contributed by atoms with Gasteiger partial charge >= 0.3 is 0 Å². The first-order valence-electron chi connectivity index (χ1n) is 9.82. The minimum Gasteiger partial charge on any atom is -0.372 e. The van der Waals surface area contributed by atoms with Crippen LogP contribution in [0.3, 0.4) is 0 Å². The first-order chi connectivity index (χ1) is 14.2. The maximum absolute atomic E-state index is 13.0. The van der Waals surface area contributed by atoms with E-state index in [1.807, 2.05) is 12.1 Å². The third kappa shape index (κ3) is 4.90. The number of benzene rings is 2. The van der Waals surface area contributed by atoms with Crippen molar-refractivity contribution in [2.75, 3.05) is 28.6 Å². The Bertz CT molecular complexity index is 950. The van der Waals surface area contributed by atoms with Gasteiger partial charge in [-0.15, -0.1) is 0 Å². The summed E-state index contributed by atoms with van der Waals surface area (Å²) in [6.45, 7) is 2.24. The van der Waals surface area contributed by atoms with Gasteiger partial charge in [0.1, 0.15) is 11.6 Å². The van der Waals surface area contributed by atoms with Crippen molar-refractivity contribution >= 4 is 28.8 Å². The second-order valence-corrected chi connectivity index (χ2v) is 7.11. The van der Waals surface area contributed by atoms with Gasteiger partial charge < -0.3 is 15.5 Å². The number of halogens is 1. The Hall–Kier alpha value is -3.41. The minimum atomic E-state index is -0.343. The quantitative estimate of drug-likeness (QED) is 0.628. The molecule has 2 heterocycles. The molecule has 1 aliphatic rings. The zero-order chi connectivity index (χ0) is 20.1. The molecule has 1 aliphatic heterocycles. The van der Waals surface area contributed by atoms with Gasteiger partial charge in [-0.1, -0.05) is 0 Å². The highest BCUT2D eigenvalue weighted by molar-refractivity contribution is 6.04. The molecule has 4 rings (SSSR count). The van der Waals surface area contributed by atoms with Gasteiger partial charge in [-0.2, -0.15) is 0 Å². The molecule has 1 aromatic heterocycles. The van der Waals surface area contributed by atoms with Crippen molar-refractivity contribution in [2.24, 2.45) is 0 Å². The number of anilines is 4. The van der Waals surface area contributed by atoms with Gasteiger partial charge in [0.2, 0.25) is 0 Å². The number of piperidine rings is 1. The van der Waals surface area contributed by atoms with Crippen LogP contribution in [0.4, 0.5) is 27.3 Å². The molecule has 0 radical (unpaired) electrons. The lowest BCUT2D eigenvalue weighted by atomic mass is 10.1. The number of carbonyl (C=O) groups excluding carboxylic acids is 1. The van der Waals surface area contributed by atoms with E-state index in [9.17, 15) is 9.18 Å². The molecule has 6 heteroatoms. The van der Waals surface area contributed by atoms with Crippen molar-refractivity contribution in [3.8, 4) is 0 Å². The van der Waals surface area contributed by atoms with Crippen LogP contribution in [0.15, 0.2) is 66.9 Å². The number of carbonyl (C=O) groups is 1. The first-order valence-corrected chi connectivity index (χ1v) is 9.82. The monoisotopic (exact) mass is 390 g/mol. The fraction of sp³-hybridized carbons (Fsp3) is 0.217. The van der Waals surface area contributed by atoms with E-state index in [1.54, 1.807) is 12.1 Å². The zero-order valence-electron chi connectivity index (χ0n) is 16.1. The Labute approximate surface area is 169 Å². The molecule has 0 bridgehead atoms. The summed E-state index contributed by atoms with van der Waals surface area (Å²) in [5, 5.41) is 5.97. The number of amides is 1. The summed E-state index contributed by atoms with van der Waals surface area (Å²) in [5.41, 5.74) is 3.16. The van der Waals surface area contributed by atoms with Gasteiger partial charge in [-0.3, -0.25) is 4.79 Å². The van der Waals surface area contributed by atoms with Gasteiger partial charge in [-0.25, -0.2) is 9.37 Å². The molecule has 3 aromatic rings. The van der Waals surface area contributed by atoms with E-state index in [0.29, 0.717) is 17.1 Å². The van der Waals surface area contributed by atoms with Crippen LogP contribution in [-0.2, 0) is 0 Å². The summed E-state index contributed by atoms with van der Waals surface area (Å²) in [5.74, 6) is 0.0275. The number of hydrogen-bond donors (Lipinski definition) is 2. The van der Waals surface area contributed by atoms with Crippen LogP contribution in [-0.4, -0.2) is 24.0 Å². The lowest BCUT2D eigenvalue weighted by Gasteiger charge is -2.28. The molecule has 2 aromatic carbocycles. The molecule has 0 atom stereocenters. The molecule has 0 spiro atoms. The van der Waals surface area contributed by atoms with Crippen molar-refractivity contribution in [1.82, 2.24) is 4.98 Å². The molecular formula is C23H23FN4O. The second-order valence-electron chi connectivity index (χ2n) is 7.11. The summed E-state index contributed by atoms with van der Waals surface area (Å²) in [4.78, 5) is 19.0. The van der Waals surface area contributed by atoms with Crippen molar-refractivity contribution in [1.29, 1.82) is 0 Å². The largest absolute Gasteiger partial charge is 0.372 e. The minimum absolute atomic E-state index is 0.290. The SMILES string of the molecule is O=C(Nc1ccc(F)cc1)c1ccc(Nc2ccc(N3CCCCC3)cc2)nc1. The predicted octanol–water partition coefficient (Wildman–Crippen LogP) is 5.21. The van der Waals surface area contributed by atoms with Gasteiger partial charge in [0.25, 0.3) is 5.91 Å². The highest BCUT2D eigenvalue weighted by Gasteiger charge is 2.11. The Kier molecular flexibility index (Phi) is 5.70. The number of nitrogens with zero attached hydrogens (tertiary/aromatic N) is 2. The maximum Gasteiger partial charge on any atom is 0.257 e. The average molecular weight is 390 g/mol. The zero-order valence-corrected chi connectivity index (χ0v) is 16.1. The van der Waals surface area contributed by atoms with E-state index >= 15 is 0 Å². The lowest BCUT2D eigenvalue weighted by Crippen LogP contribution is -2.29. The fourth-order valence-corrected chi connectivity index (χ4v) is 3.39. The smallest absolute Gasteiger partial charge is 0.257 e. The molecule has 5 nitrogen and oxygen atoms in total. The number of nitrogens with one attached hydrogen (secondary N) is 2. The van der Waals surface area contributed by atoms with E-state index < -0.39 is 0 Å². The number of rotatable bonds is 5. The molecule has 1 amide bonds. The second kappa shape index (κ2) is 8.73. The summed E-state index contributed by atoms with van der Waals surface area (Å²) in [6.07, 6.45) is 5.35.